The molecule has 0 saturated heterocycles. The minimum absolute atomic E-state index is 0.389. The van der Waals surface area contributed by atoms with Crippen molar-refractivity contribution in [1.82, 2.24) is 0 Å². The van der Waals surface area contributed by atoms with E-state index in [2.05, 4.69) is 236 Å². The summed E-state index contributed by atoms with van der Waals surface area (Å²) in [5.41, 5.74) is 17.2. The van der Waals surface area contributed by atoms with Gasteiger partial charge in [0.2, 0.25) is 0 Å². The van der Waals surface area contributed by atoms with Crippen molar-refractivity contribution in [2.75, 3.05) is 4.90 Å². The average Bonchev–Trinajstić information content (AvgIpc) is 3.75. The molecule has 2 nitrogen and oxygen atoms in total. The molecule has 0 radical (unpaired) electrons. The second kappa shape index (κ2) is 16.2. The first kappa shape index (κ1) is 38.5. The van der Waals surface area contributed by atoms with Crippen molar-refractivity contribution in [3.8, 4) is 33.4 Å². The maximum Gasteiger partial charge on any atom is 0.136 e. The summed E-state index contributed by atoms with van der Waals surface area (Å²) in [6.07, 6.45) is 5.93. The molecular weight excluding hydrogens is 787 g/mol. The van der Waals surface area contributed by atoms with Crippen LogP contribution >= 0.6 is 0 Å². The Labute approximate surface area is 379 Å². The largest absolute Gasteiger partial charge is 0.456 e. The van der Waals surface area contributed by atoms with Crippen molar-refractivity contribution >= 4 is 71.7 Å². The van der Waals surface area contributed by atoms with Gasteiger partial charge in [-0.3, -0.25) is 0 Å². The standard InChI is InChI=1S/C63H45NO/c1-42-26-37-56(53-19-8-7-18-50(53)44-14-3-2-4-15-44)60(40-42)57-20-9-11-24-61(57)64(48-33-27-43(28-34-48)47-32-39-59-58-21-10-12-25-62(58)65-63(59)41-47)49-35-29-46(30-36-49)52-22-13-23-54-51-17-6-5-16-45(51)31-38-55(52)54/h2-25,27-42H,26H2,1H3. The van der Waals surface area contributed by atoms with Crippen molar-refractivity contribution in [3.63, 3.8) is 0 Å². The fourth-order valence-corrected chi connectivity index (χ4v) is 10.0. The molecule has 1 aromatic heterocycles. The third kappa shape index (κ3) is 6.92. The van der Waals surface area contributed by atoms with Crippen molar-refractivity contribution in [3.05, 3.63) is 248 Å². The molecule has 0 spiro atoms. The molecule has 1 aliphatic rings. The van der Waals surface area contributed by atoms with Gasteiger partial charge < -0.3 is 9.32 Å². The van der Waals surface area contributed by atoms with E-state index in [0.717, 1.165) is 56.5 Å². The maximum absolute atomic E-state index is 6.31. The number of para-hydroxylation sites is 2. The van der Waals surface area contributed by atoms with Gasteiger partial charge in [-0.1, -0.05) is 195 Å². The highest BCUT2D eigenvalue weighted by Gasteiger charge is 2.25. The first-order valence-corrected chi connectivity index (χ1v) is 22.6. The predicted octanol–water partition coefficient (Wildman–Crippen LogP) is 17.9. The van der Waals surface area contributed by atoms with E-state index in [1.54, 1.807) is 0 Å². The molecule has 0 amide bonds. The second-order valence-electron chi connectivity index (χ2n) is 17.3. The van der Waals surface area contributed by atoms with E-state index < -0.39 is 0 Å². The lowest BCUT2D eigenvalue weighted by molar-refractivity contribution is 0.669. The number of furan rings is 1. The summed E-state index contributed by atoms with van der Waals surface area (Å²) >= 11 is 0. The van der Waals surface area contributed by atoms with Crippen LogP contribution in [-0.4, -0.2) is 0 Å². The molecule has 0 N–H and O–H groups in total. The van der Waals surface area contributed by atoms with Gasteiger partial charge >= 0.3 is 0 Å². The molecule has 12 rings (SSSR count). The van der Waals surface area contributed by atoms with Crippen LogP contribution in [0.15, 0.2) is 241 Å². The molecule has 308 valence electrons. The highest BCUT2D eigenvalue weighted by Crippen LogP contribution is 2.47. The Hall–Kier alpha value is -8.20. The Morgan fingerprint density at radius 3 is 1.78 bits per heavy atom. The van der Waals surface area contributed by atoms with Gasteiger partial charge in [-0.2, -0.15) is 0 Å². The Morgan fingerprint density at radius 2 is 0.969 bits per heavy atom. The summed E-state index contributed by atoms with van der Waals surface area (Å²) in [5, 5.41) is 7.33. The zero-order chi connectivity index (χ0) is 43.3. The van der Waals surface area contributed by atoms with Gasteiger partial charge in [0, 0.05) is 27.7 Å². The van der Waals surface area contributed by atoms with E-state index in [4.69, 9.17) is 4.42 Å². The number of rotatable bonds is 8. The highest BCUT2D eigenvalue weighted by molar-refractivity contribution is 6.13. The molecule has 0 fully saturated rings. The first-order valence-electron chi connectivity index (χ1n) is 22.6. The summed E-state index contributed by atoms with van der Waals surface area (Å²) < 4.78 is 6.31. The Morgan fingerprint density at radius 1 is 0.385 bits per heavy atom. The molecule has 1 aliphatic carbocycles. The molecule has 0 bridgehead atoms. The SMILES string of the molecule is CC1C=C(c2ccccc2N(c2ccc(-c3ccc4c(c3)oc3ccccc34)cc2)c2ccc(-c3cccc4c3ccc3ccccc34)cc2)C(c2ccccc2-c2ccccc2)=CC1. The van der Waals surface area contributed by atoms with Crippen LogP contribution in [0.4, 0.5) is 17.1 Å². The summed E-state index contributed by atoms with van der Waals surface area (Å²) in [7, 11) is 0. The normalized spacial score (nSPS) is 13.9. The van der Waals surface area contributed by atoms with Gasteiger partial charge in [-0.15, -0.1) is 0 Å². The smallest absolute Gasteiger partial charge is 0.136 e. The number of fused-ring (bicyclic) bond motifs is 6. The molecule has 0 saturated carbocycles. The molecule has 0 aliphatic heterocycles. The molecular formula is C63H45NO. The number of nitrogens with zero attached hydrogens (tertiary/aromatic N) is 1. The zero-order valence-electron chi connectivity index (χ0n) is 36.2. The van der Waals surface area contributed by atoms with Gasteiger partial charge in [-0.25, -0.2) is 0 Å². The lowest BCUT2D eigenvalue weighted by atomic mass is 9.81. The minimum Gasteiger partial charge on any atom is -0.456 e. The van der Waals surface area contributed by atoms with Crippen molar-refractivity contribution in [1.29, 1.82) is 0 Å². The summed E-state index contributed by atoms with van der Waals surface area (Å²) in [6, 6.07) is 81.4. The Balaban J connectivity index is 0.989. The predicted molar refractivity (Wildman–Crippen MR) is 276 cm³/mol. The van der Waals surface area contributed by atoms with Crippen LogP contribution in [0.3, 0.4) is 0 Å². The van der Waals surface area contributed by atoms with E-state index in [1.807, 2.05) is 12.1 Å². The third-order valence-electron chi connectivity index (χ3n) is 13.2. The van der Waals surface area contributed by atoms with E-state index in [1.165, 1.54) is 66.1 Å². The molecule has 1 atom stereocenters. The lowest BCUT2D eigenvalue weighted by Gasteiger charge is -2.31. The molecule has 10 aromatic carbocycles. The number of allylic oxidation sites excluding steroid dienone is 4. The van der Waals surface area contributed by atoms with Crippen LogP contribution in [0.1, 0.15) is 24.5 Å². The average molecular weight is 832 g/mol. The zero-order valence-corrected chi connectivity index (χ0v) is 36.2. The second-order valence-corrected chi connectivity index (χ2v) is 17.3. The minimum atomic E-state index is 0.389. The summed E-state index contributed by atoms with van der Waals surface area (Å²) in [5.74, 6) is 0.389. The topological polar surface area (TPSA) is 16.4 Å². The number of benzene rings is 10. The van der Waals surface area contributed by atoms with Crippen LogP contribution in [0, 0.1) is 5.92 Å². The van der Waals surface area contributed by atoms with E-state index in [0.29, 0.717) is 5.92 Å². The van der Waals surface area contributed by atoms with Crippen molar-refractivity contribution in [2.45, 2.75) is 13.3 Å². The van der Waals surface area contributed by atoms with E-state index in [9.17, 15) is 0 Å². The first-order chi connectivity index (χ1) is 32.1. The van der Waals surface area contributed by atoms with Crippen molar-refractivity contribution < 1.29 is 4.42 Å². The summed E-state index contributed by atoms with van der Waals surface area (Å²) in [4.78, 5) is 2.43. The fraction of sp³-hybridized carbons (Fsp3) is 0.0476. The number of anilines is 3. The van der Waals surface area contributed by atoms with Gasteiger partial charge in [0.25, 0.3) is 0 Å². The molecule has 2 heteroatoms. The monoisotopic (exact) mass is 831 g/mol. The molecule has 1 heterocycles. The maximum atomic E-state index is 6.31. The third-order valence-corrected chi connectivity index (χ3v) is 13.2. The molecule has 65 heavy (non-hydrogen) atoms. The fourth-order valence-electron chi connectivity index (χ4n) is 10.0. The Bertz CT molecular complexity index is 3630. The van der Waals surface area contributed by atoms with Crippen LogP contribution in [0.5, 0.6) is 0 Å². The van der Waals surface area contributed by atoms with Gasteiger partial charge in [0.05, 0.1) is 5.69 Å². The number of hydrogen-bond donors (Lipinski definition) is 0. The summed E-state index contributed by atoms with van der Waals surface area (Å²) in [6.45, 7) is 2.33. The van der Waals surface area contributed by atoms with Crippen molar-refractivity contribution in [2.24, 2.45) is 5.92 Å². The van der Waals surface area contributed by atoms with Gasteiger partial charge in [-0.05, 0) is 133 Å². The Kier molecular flexibility index (Phi) is 9.57. The van der Waals surface area contributed by atoms with Crippen LogP contribution in [0.2, 0.25) is 0 Å². The quantitative estimate of drug-likeness (QED) is 0.142. The van der Waals surface area contributed by atoms with Gasteiger partial charge in [0.1, 0.15) is 11.2 Å². The molecule has 1 unspecified atom stereocenters. The lowest BCUT2D eigenvalue weighted by Crippen LogP contribution is -2.13. The van der Waals surface area contributed by atoms with Crippen LogP contribution < -0.4 is 4.90 Å². The van der Waals surface area contributed by atoms with E-state index >= 15 is 0 Å². The van der Waals surface area contributed by atoms with Gasteiger partial charge in [0.15, 0.2) is 0 Å². The highest BCUT2D eigenvalue weighted by atomic mass is 16.3. The van der Waals surface area contributed by atoms with E-state index in [-0.39, 0.29) is 0 Å². The van der Waals surface area contributed by atoms with Crippen LogP contribution in [-0.2, 0) is 0 Å². The number of hydrogen-bond acceptors (Lipinski definition) is 2. The van der Waals surface area contributed by atoms with Crippen LogP contribution in [0.25, 0.3) is 88.0 Å². The molecule has 11 aromatic rings.